The summed E-state index contributed by atoms with van der Waals surface area (Å²) in [6.45, 7) is 5.47. The highest BCUT2D eigenvalue weighted by Crippen LogP contribution is 2.31. The summed E-state index contributed by atoms with van der Waals surface area (Å²) >= 11 is 0. The molecule has 0 aliphatic heterocycles. The zero-order valence-corrected chi connectivity index (χ0v) is 14.1. The molecule has 126 valence electrons. The van der Waals surface area contributed by atoms with Crippen molar-refractivity contribution in [2.45, 2.75) is 52.6 Å². The van der Waals surface area contributed by atoms with Crippen LogP contribution in [-0.2, 0) is 24.3 Å². The van der Waals surface area contributed by atoms with Crippen LogP contribution in [-0.4, -0.2) is 25.5 Å². The lowest BCUT2D eigenvalue weighted by atomic mass is 10.1. The van der Waals surface area contributed by atoms with E-state index in [1.165, 1.54) is 12.8 Å². The fourth-order valence-corrected chi connectivity index (χ4v) is 2.78. The van der Waals surface area contributed by atoms with Crippen LogP contribution in [0.4, 0.5) is 5.82 Å². The van der Waals surface area contributed by atoms with E-state index in [2.05, 4.69) is 21.6 Å². The Morgan fingerprint density at radius 1 is 1.42 bits per heavy atom. The van der Waals surface area contributed by atoms with Gasteiger partial charge in [0, 0.05) is 30.1 Å². The van der Waals surface area contributed by atoms with E-state index in [-0.39, 0.29) is 5.91 Å². The first-order valence-corrected chi connectivity index (χ1v) is 8.30. The van der Waals surface area contributed by atoms with Gasteiger partial charge in [-0.25, -0.2) is 0 Å². The van der Waals surface area contributed by atoms with Crippen LogP contribution in [0, 0.1) is 31.1 Å². The summed E-state index contributed by atoms with van der Waals surface area (Å²) in [7, 11) is 0. The number of amides is 1. The fraction of sp³-hybridized carbons (Fsp3) is 0.529. The number of aromatic nitrogens is 4. The van der Waals surface area contributed by atoms with Gasteiger partial charge in [0.25, 0.3) is 0 Å². The summed E-state index contributed by atoms with van der Waals surface area (Å²) in [4.78, 5) is 12.3. The van der Waals surface area contributed by atoms with E-state index in [4.69, 9.17) is 5.26 Å². The molecule has 0 atom stereocenters. The highest BCUT2D eigenvalue weighted by molar-refractivity contribution is 5.91. The molecule has 1 saturated carbocycles. The van der Waals surface area contributed by atoms with Crippen molar-refractivity contribution < 1.29 is 4.79 Å². The predicted octanol–water partition coefficient (Wildman–Crippen LogP) is 2.20. The van der Waals surface area contributed by atoms with Crippen LogP contribution in [0.2, 0.25) is 0 Å². The van der Waals surface area contributed by atoms with Gasteiger partial charge in [-0.1, -0.05) is 0 Å². The van der Waals surface area contributed by atoms with Crippen LogP contribution in [0.25, 0.3) is 0 Å². The van der Waals surface area contributed by atoms with E-state index in [0.717, 1.165) is 29.4 Å². The minimum Gasteiger partial charge on any atom is -0.309 e. The molecule has 1 aliphatic carbocycles. The van der Waals surface area contributed by atoms with E-state index in [1.807, 2.05) is 18.5 Å². The van der Waals surface area contributed by atoms with Gasteiger partial charge in [-0.15, -0.1) is 0 Å². The molecule has 1 fully saturated rings. The number of aryl methyl sites for hydroxylation is 2. The minimum absolute atomic E-state index is 0.0993. The molecule has 2 aromatic heterocycles. The maximum atomic E-state index is 12.3. The number of carbonyl (C=O) groups is 1. The molecule has 7 nitrogen and oxygen atoms in total. The number of anilines is 1. The Kier molecular flexibility index (Phi) is 4.65. The van der Waals surface area contributed by atoms with Crippen molar-refractivity contribution in [3.05, 3.63) is 29.2 Å². The number of rotatable bonds is 7. The molecule has 3 rings (SSSR count). The number of carbonyl (C=O) groups excluding carboxylic acids is 1. The monoisotopic (exact) mass is 326 g/mol. The van der Waals surface area contributed by atoms with E-state index in [0.29, 0.717) is 25.2 Å². The number of nitrogens with one attached hydrogen (secondary N) is 1. The largest absolute Gasteiger partial charge is 0.309 e. The SMILES string of the molecule is Cc1nn(CC2CC2)c(C)c1CC(=O)Nc1ccn(CCC#N)n1. The van der Waals surface area contributed by atoms with Gasteiger partial charge in [0.2, 0.25) is 5.91 Å². The average Bonchev–Trinajstić information content (AvgIpc) is 3.20. The van der Waals surface area contributed by atoms with Gasteiger partial charge < -0.3 is 5.32 Å². The molecule has 24 heavy (non-hydrogen) atoms. The van der Waals surface area contributed by atoms with Gasteiger partial charge >= 0.3 is 0 Å². The lowest BCUT2D eigenvalue weighted by molar-refractivity contribution is -0.115. The third kappa shape index (κ3) is 3.82. The Bertz CT molecular complexity index is 778. The molecule has 2 heterocycles. The fourth-order valence-electron chi connectivity index (χ4n) is 2.78. The van der Waals surface area contributed by atoms with Crippen LogP contribution < -0.4 is 5.32 Å². The molecule has 0 aromatic carbocycles. The van der Waals surface area contributed by atoms with Gasteiger partial charge in [0.05, 0.1) is 31.1 Å². The molecule has 1 N–H and O–H groups in total. The third-order valence-corrected chi connectivity index (χ3v) is 4.36. The second-order valence-corrected chi connectivity index (χ2v) is 6.37. The first kappa shape index (κ1) is 16.2. The second-order valence-electron chi connectivity index (χ2n) is 6.37. The zero-order chi connectivity index (χ0) is 17.1. The van der Waals surface area contributed by atoms with Crippen LogP contribution in [0.5, 0.6) is 0 Å². The lowest BCUT2D eigenvalue weighted by Gasteiger charge is -2.05. The van der Waals surface area contributed by atoms with Crippen molar-refractivity contribution in [2.24, 2.45) is 5.92 Å². The van der Waals surface area contributed by atoms with Crippen molar-refractivity contribution in [1.82, 2.24) is 19.6 Å². The summed E-state index contributed by atoms with van der Waals surface area (Å²) in [6.07, 6.45) is 5.02. The zero-order valence-electron chi connectivity index (χ0n) is 14.1. The average molecular weight is 326 g/mol. The Hall–Kier alpha value is -2.62. The number of nitriles is 1. The van der Waals surface area contributed by atoms with Gasteiger partial charge in [-0.05, 0) is 32.6 Å². The normalized spacial score (nSPS) is 13.7. The molecule has 2 aromatic rings. The molecule has 0 radical (unpaired) electrons. The minimum atomic E-state index is -0.0993. The number of hydrogen-bond donors (Lipinski definition) is 1. The molecular formula is C17H22N6O. The van der Waals surface area contributed by atoms with Crippen molar-refractivity contribution in [3.63, 3.8) is 0 Å². The summed E-state index contributed by atoms with van der Waals surface area (Å²) in [5, 5.41) is 20.2. The summed E-state index contributed by atoms with van der Waals surface area (Å²) in [5.74, 6) is 1.17. The van der Waals surface area contributed by atoms with Gasteiger partial charge in [0.15, 0.2) is 5.82 Å². The summed E-state index contributed by atoms with van der Waals surface area (Å²) in [6, 6.07) is 3.82. The maximum absolute atomic E-state index is 12.3. The number of nitrogens with zero attached hydrogens (tertiary/aromatic N) is 5. The van der Waals surface area contributed by atoms with Gasteiger partial charge in [-0.3, -0.25) is 14.2 Å². The van der Waals surface area contributed by atoms with E-state index in [1.54, 1.807) is 16.9 Å². The highest BCUT2D eigenvalue weighted by Gasteiger charge is 2.24. The van der Waals surface area contributed by atoms with Crippen molar-refractivity contribution in [3.8, 4) is 6.07 Å². The third-order valence-electron chi connectivity index (χ3n) is 4.36. The molecule has 0 bridgehead atoms. The smallest absolute Gasteiger partial charge is 0.230 e. The van der Waals surface area contributed by atoms with Gasteiger partial charge in [-0.2, -0.15) is 15.5 Å². The molecular weight excluding hydrogens is 304 g/mol. The Labute approximate surface area is 141 Å². The van der Waals surface area contributed by atoms with E-state index < -0.39 is 0 Å². The first-order chi connectivity index (χ1) is 11.6. The molecule has 7 heteroatoms. The molecule has 0 unspecified atom stereocenters. The van der Waals surface area contributed by atoms with Crippen molar-refractivity contribution in [1.29, 1.82) is 5.26 Å². The molecule has 0 spiro atoms. The molecule has 1 aliphatic rings. The lowest BCUT2D eigenvalue weighted by Crippen LogP contribution is -2.16. The molecule has 1 amide bonds. The second kappa shape index (κ2) is 6.87. The van der Waals surface area contributed by atoms with Crippen LogP contribution >= 0.6 is 0 Å². The van der Waals surface area contributed by atoms with Crippen LogP contribution in [0.15, 0.2) is 12.3 Å². The van der Waals surface area contributed by atoms with Crippen LogP contribution in [0.3, 0.4) is 0 Å². The maximum Gasteiger partial charge on any atom is 0.230 e. The topological polar surface area (TPSA) is 88.5 Å². The van der Waals surface area contributed by atoms with Crippen molar-refractivity contribution in [2.75, 3.05) is 5.32 Å². The Morgan fingerprint density at radius 2 is 2.21 bits per heavy atom. The number of hydrogen-bond acceptors (Lipinski definition) is 4. The summed E-state index contributed by atoms with van der Waals surface area (Å²) < 4.78 is 3.69. The molecule has 0 saturated heterocycles. The standard InChI is InChI=1S/C17H22N6O/c1-12-15(13(2)23(20-12)11-14-4-5-14)10-17(24)19-16-6-9-22(21-16)8-3-7-18/h6,9,14H,3-5,8,10-11H2,1-2H3,(H,19,21,24). The van der Waals surface area contributed by atoms with Crippen molar-refractivity contribution >= 4 is 11.7 Å². The van der Waals surface area contributed by atoms with E-state index >= 15 is 0 Å². The quantitative estimate of drug-likeness (QED) is 0.845. The van der Waals surface area contributed by atoms with Gasteiger partial charge in [0.1, 0.15) is 0 Å². The Morgan fingerprint density at radius 3 is 2.92 bits per heavy atom. The van der Waals surface area contributed by atoms with Crippen LogP contribution in [0.1, 0.15) is 36.2 Å². The Balaban J connectivity index is 1.61. The summed E-state index contributed by atoms with van der Waals surface area (Å²) in [5.41, 5.74) is 2.99. The predicted molar refractivity (Wildman–Crippen MR) is 89.2 cm³/mol. The van der Waals surface area contributed by atoms with E-state index in [9.17, 15) is 4.79 Å². The highest BCUT2D eigenvalue weighted by atomic mass is 16.1. The first-order valence-electron chi connectivity index (χ1n) is 8.30.